The van der Waals surface area contributed by atoms with Crippen LogP contribution in [-0.2, 0) is 11.2 Å². The molecule has 0 aliphatic carbocycles. The Morgan fingerprint density at radius 2 is 2.09 bits per heavy atom. The van der Waals surface area contributed by atoms with Gasteiger partial charge in [0.25, 0.3) is 0 Å². The quantitative estimate of drug-likeness (QED) is 0.708. The van der Waals surface area contributed by atoms with Gasteiger partial charge in [0, 0.05) is 19.6 Å². The van der Waals surface area contributed by atoms with Crippen LogP contribution in [-0.4, -0.2) is 55.3 Å². The highest BCUT2D eigenvalue weighted by Gasteiger charge is 2.20. The van der Waals surface area contributed by atoms with E-state index in [4.69, 9.17) is 9.84 Å². The highest BCUT2D eigenvalue weighted by Crippen LogP contribution is 2.32. The number of hydrogen-bond donors (Lipinski definition) is 1. The van der Waals surface area contributed by atoms with Crippen molar-refractivity contribution in [1.82, 2.24) is 4.90 Å². The van der Waals surface area contributed by atoms with Crippen LogP contribution in [0.3, 0.4) is 0 Å². The largest absolute Gasteiger partial charge is 0.490 e. The topological polar surface area (TPSA) is 53.0 Å². The normalized spacial score (nSPS) is 13.3. The molecule has 1 aliphatic rings. The molecule has 0 radical (unpaired) electrons. The summed E-state index contributed by atoms with van der Waals surface area (Å²) in [7, 11) is 0. The summed E-state index contributed by atoms with van der Waals surface area (Å²) in [5, 5.41) is 9.05. The first-order valence-corrected chi connectivity index (χ1v) is 7.80. The van der Waals surface area contributed by atoms with E-state index in [1.165, 1.54) is 5.56 Å². The molecule has 23 heavy (non-hydrogen) atoms. The molecule has 124 valence electrons. The predicted octanol–water partition coefficient (Wildman–Crippen LogP) is 2.19. The molecule has 2 rings (SSSR count). The van der Waals surface area contributed by atoms with Crippen LogP contribution in [0.25, 0.3) is 0 Å². The summed E-state index contributed by atoms with van der Waals surface area (Å²) in [6.45, 7) is 11.2. The number of anilines is 1. The molecule has 0 saturated heterocycles. The molecule has 0 amide bonds. The minimum absolute atomic E-state index is 0.00112. The number of aliphatic carboxylic acids is 1. The van der Waals surface area contributed by atoms with Gasteiger partial charge in [0.2, 0.25) is 0 Å². The molecule has 5 heteroatoms. The second-order valence-electron chi connectivity index (χ2n) is 5.55. The molecular formula is C18H24N2O3. The molecule has 5 nitrogen and oxygen atoms in total. The van der Waals surface area contributed by atoms with Crippen LogP contribution in [0.4, 0.5) is 5.69 Å². The van der Waals surface area contributed by atoms with E-state index in [-0.39, 0.29) is 6.54 Å². The van der Waals surface area contributed by atoms with Crippen LogP contribution >= 0.6 is 0 Å². The van der Waals surface area contributed by atoms with Gasteiger partial charge in [-0.3, -0.25) is 9.69 Å². The van der Waals surface area contributed by atoms with Crippen LogP contribution in [0.15, 0.2) is 43.5 Å². The van der Waals surface area contributed by atoms with Crippen molar-refractivity contribution < 1.29 is 14.6 Å². The number of nitrogens with zero attached hydrogens (tertiary/aromatic N) is 2. The van der Waals surface area contributed by atoms with Crippen molar-refractivity contribution in [3.63, 3.8) is 0 Å². The summed E-state index contributed by atoms with van der Waals surface area (Å²) in [5.74, 6) is -0.0679. The molecule has 0 bridgehead atoms. The van der Waals surface area contributed by atoms with Crippen molar-refractivity contribution in [3.8, 4) is 5.75 Å². The van der Waals surface area contributed by atoms with Crippen LogP contribution in [0, 0.1) is 0 Å². The Labute approximate surface area is 137 Å². The minimum atomic E-state index is -0.827. The number of carboxylic acid groups (broad SMARTS) is 1. The van der Waals surface area contributed by atoms with E-state index in [9.17, 15) is 4.79 Å². The SMILES string of the molecule is C=CCN(CC=C)CCc1ccc2c(c1)N(CC(=O)O)CCO2. The van der Waals surface area contributed by atoms with Crippen LogP contribution < -0.4 is 9.64 Å². The van der Waals surface area contributed by atoms with Crippen molar-refractivity contribution in [2.75, 3.05) is 44.2 Å². The van der Waals surface area contributed by atoms with E-state index in [1.54, 1.807) is 0 Å². The van der Waals surface area contributed by atoms with Crippen LogP contribution in [0.5, 0.6) is 5.75 Å². The number of carboxylic acids is 1. The van der Waals surface area contributed by atoms with E-state index < -0.39 is 5.97 Å². The smallest absolute Gasteiger partial charge is 0.323 e. The van der Waals surface area contributed by atoms with E-state index in [1.807, 2.05) is 35.3 Å². The van der Waals surface area contributed by atoms with E-state index in [2.05, 4.69) is 18.1 Å². The zero-order valence-corrected chi connectivity index (χ0v) is 13.4. The summed E-state index contributed by atoms with van der Waals surface area (Å²) in [4.78, 5) is 15.1. The fraction of sp³-hybridized carbons (Fsp3) is 0.389. The van der Waals surface area contributed by atoms with Crippen molar-refractivity contribution in [1.29, 1.82) is 0 Å². The number of hydrogen-bond acceptors (Lipinski definition) is 4. The fourth-order valence-electron chi connectivity index (χ4n) is 2.71. The molecule has 0 saturated carbocycles. The third-order valence-corrected chi connectivity index (χ3v) is 3.80. The Morgan fingerprint density at radius 1 is 1.35 bits per heavy atom. The highest BCUT2D eigenvalue weighted by molar-refractivity contribution is 5.75. The Hall–Kier alpha value is -2.27. The number of carbonyl (C=O) groups is 1. The molecule has 1 aromatic rings. The van der Waals surface area contributed by atoms with Gasteiger partial charge in [-0.25, -0.2) is 0 Å². The summed E-state index contributed by atoms with van der Waals surface area (Å²) >= 11 is 0. The maximum absolute atomic E-state index is 11.0. The van der Waals surface area contributed by atoms with E-state index in [0.29, 0.717) is 13.2 Å². The van der Waals surface area contributed by atoms with Gasteiger partial charge in [0.1, 0.15) is 18.9 Å². The van der Waals surface area contributed by atoms with Gasteiger partial charge in [-0.05, 0) is 24.1 Å². The Morgan fingerprint density at radius 3 is 2.74 bits per heavy atom. The summed E-state index contributed by atoms with van der Waals surface area (Å²) < 4.78 is 5.62. The lowest BCUT2D eigenvalue weighted by Gasteiger charge is -2.30. The zero-order valence-electron chi connectivity index (χ0n) is 13.4. The Kier molecular flexibility index (Phi) is 6.23. The molecule has 0 spiro atoms. The van der Waals surface area contributed by atoms with E-state index in [0.717, 1.165) is 37.5 Å². The van der Waals surface area contributed by atoms with Gasteiger partial charge < -0.3 is 14.7 Å². The zero-order chi connectivity index (χ0) is 16.7. The number of rotatable bonds is 9. The van der Waals surface area contributed by atoms with Gasteiger partial charge in [0.15, 0.2) is 0 Å². The van der Waals surface area contributed by atoms with Gasteiger partial charge in [0.05, 0.1) is 12.2 Å². The third-order valence-electron chi connectivity index (χ3n) is 3.80. The minimum Gasteiger partial charge on any atom is -0.490 e. The second kappa shape index (κ2) is 8.39. The Balaban J connectivity index is 2.07. The first-order valence-electron chi connectivity index (χ1n) is 7.80. The van der Waals surface area contributed by atoms with Crippen LogP contribution in [0.1, 0.15) is 5.56 Å². The summed E-state index contributed by atoms with van der Waals surface area (Å²) in [5.41, 5.74) is 2.04. The van der Waals surface area contributed by atoms with Crippen molar-refractivity contribution in [3.05, 3.63) is 49.1 Å². The lowest BCUT2D eigenvalue weighted by atomic mass is 10.1. The number of benzene rings is 1. The first kappa shape index (κ1) is 17.1. The van der Waals surface area contributed by atoms with Crippen molar-refractivity contribution in [2.24, 2.45) is 0 Å². The lowest BCUT2D eigenvalue weighted by Crippen LogP contribution is -2.36. The molecule has 1 aromatic carbocycles. The maximum Gasteiger partial charge on any atom is 0.323 e. The second-order valence-corrected chi connectivity index (χ2v) is 5.55. The average Bonchev–Trinajstić information content (AvgIpc) is 2.53. The fourth-order valence-corrected chi connectivity index (χ4v) is 2.71. The van der Waals surface area contributed by atoms with Crippen molar-refractivity contribution in [2.45, 2.75) is 6.42 Å². The van der Waals surface area contributed by atoms with Gasteiger partial charge in [-0.1, -0.05) is 18.2 Å². The van der Waals surface area contributed by atoms with Gasteiger partial charge in [-0.15, -0.1) is 13.2 Å². The average molecular weight is 316 g/mol. The molecule has 1 heterocycles. The first-order chi connectivity index (χ1) is 11.1. The number of ether oxygens (including phenoxy) is 1. The molecule has 0 atom stereocenters. The summed E-state index contributed by atoms with van der Waals surface area (Å²) in [6.07, 6.45) is 4.66. The van der Waals surface area contributed by atoms with Crippen LogP contribution in [0.2, 0.25) is 0 Å². The summed E-state index contributed by atoms with van der Waals surface area (Å²) in [6, 6.07) is 6.02. The third kappa shape index (κ3) is 4.86. The predicted molar refractivity (Wildman–Crippen MR) is 92.3 cm³/mol. The maximum atomic E-state index is 11.0. The molecule has 0 unspecified atom stereocenters. The molecule has 0 fully saturated rings. The molecular weight excluding hydrogens is 292 g/mol. The monoisotopic (exact) mass is 316 g/mol. The van der Waals surface area contributed by atoms with Gasteiger partial charge in [-0.2, -0.15) is 0 Å². The van der Waals surface area contributed by atoms with Crippen molar-refractivity contribution >= 4 is 11.7 Å². The van der Waals surface area contributed by atoms with E-state index >= 15 is 0 Å². The molecule has 1 N–H and O–H groups in total. The highest BCUT2D eigenvalue weighted by atomic mass is 16.5. The molecule has 1 aliphatic heterocycles. The lowest BCUT2D eigenvalue weighted by molar-refractivity contribution is -0.135. The number of fused-ring (bicyclic) bond motifs is 1. The standard InChI is InChI=1S/C18H24N2O3/c1-3-8-19(9-4-2)10-7-15-5-6-17-16(13-15)20(11-12-23-17)14-18(21)22/h3-6,13H,1-2,7-12,14H2,(H,21,22). The van der Waals surface area contributed by atoms with Gasteiger partial charge >= 0.3 is 5.97 Å². The molecule has 0 aromatic heterocycles. The Bertz CT molecular complexity index is 561.